The van der Waals surface area contributed by atoms with Crippen molar-refractivity contribution in [2.75, 3.05) is 5.73 Å². The van der Waals surface area contributed by atoms with E-state index in [9.17, 15) is 8.78 Å². The largest absolute Gasteiger partial charge is 0.398 e. The molecule has 1 atom stereocenters. The lowest BCUT2D eigenvalue weighted by Crippen LogP contribution is -2.04. The highest BCUT2D eigenvalue weighted by Crippen LogP contribution is 2.26. The van der Waals surface area contributed by atoms with Gasteiger partial charge in [0.1, 0.15) is 17.8 Å². The number of nitrogens with two attached hydrogens (primary N) is 2. The van der Waals surface area contributed by atoms with Crippen molar-refractivity contribution in [2.45, 2.75) is 19.1 Å². The zero-order valence-corrected chi connectivity index (χ0v) is 13.8. The number of aromatic amines is 1. The van der Waals surface area contributed by atoms with Gasteiger partial charge in [0.05, 0.1) is 17.8 Å². The van der Waals surface area contributed by atoms with Crippen LogP contribution in [-0.4, -0.2) is 27.1 Å². The number of nitrogen functional groups attached to an aromatic ring is 1. The Morgan fingerprint density at radius 3 is 2.88 bits per heavy atom. The normalized spacial score (nSPS) is 16.9. The maximum Gasteiger partial charge on any atom is 0.184 e. The van der Waals surface area contributed by atoms with Crippen LogP contribution in [0, 0.1) is 11.2 Å². The Kier molecular flexibility index (Phi) is 5.04. The summed E-state index contributed by atoms with van der Waals surface area (Å²) in [5, 5.41) is 14.8. The number of allylic oxidation sites excluding steroid dienone is 6. The number of hydrogen-bond acceptors (Lipinski definition) is 5. The van der Waals surface area contributed by atoms with E-state index in [2.05, 4.69) is 15.2 Å². The summed E-state index contributed by atoms with van der Waals surface area (Å²) in [6.45, 7) is 0.150. The van der Waals surface area contributed by atoms with E-state index in [1.54, 1.807) is 18.2 Å². The predicted octanol–water partition coefficient (Wildman–Crippen LogP) is 2.80. The van der Waals surface area contributed by atoms with Crippen molar-refractivity contribution in [3.8, 4) is 11.4 Å². The molecule has 0 fully saturated rings. The summed E-state index contributed by atoms with van der Waals surface area (Å²) in [6.07, 6.45) is 7.42. The van der Waals surface area contributed by atoms with Crippen molar-refractivity contribution in [3.05, 3.63) is 65.3 Å². The van der Waals surface area contributed by atoms with Gasteiger partial charge in [0.2, 0.25) is 0 Å². The van der Waals surface area contributed by atoms with Crippen molar-refractivity contribution in [1.82, 2.24) is 15.2 Å². The maximum atomic E-state index is 14.3. The standard InChI is InChI=1S/C18H18F2N6/c19-11-4-1-10(2-5-11)3-6-15(22)13-7-12(14(20)8-16(13)23)18-24-17(9-21)25-26-18/h1-4,6-8,11,22H,5,9,21,23H2,(H,24,25,26)/b6-3+,22-15?. The number of anilines is 1. The van der Waals surface area contributed by atoms with Gasteiger partial charge in [0.15, 0.2) is 5.82 Å². The van der Waals surface area contributed by atoms with E-state index in [1.807, 2.05) is 0 Å². The van der Waals surface area contributed by atoms with E-state index in [0.29, 0.717) is 17.8 Å². The average Bonchev–Trinajstić information content (AvgIpc) is 3.10. The van der Waals surface area contributed by atoms with Crippen molar-refractivity contribution < 1.29 is 8.78 Å². The molecule has 1 aliphatic rings. The Bertz CT molecular complexity index is 926. The number of H-pyrrole nitrogens is 1. The van der Waals surface area contributed by atoms with Gasteiger partial charge in [-0.15, -0.1) is 0 Å². The number of benzene rings is 1. The van der Waals surface area contributed by atoms with Crippen LogP contribution in [-0.2, 0) is 6.54 Å². The molecule has 0 saturated carbocycles. The fourth-order valence-electron chi connectivity index (χ4n) is 2.50. The first-order valence-corrected chi connectivity index (χ1v) is 7.98. The highest BCUT2D eigenvalue weighted by Gasteiger charge is 2.15. The minimum absolute atomic E-state index is 0.0926. The lowest BCUT2D eigenvalue weighted by Gasteiger charge is -2.09. The van der Waals surface area contributed by atoms with Crippen LogP contribution in [0.5, 0.6) is 0 Å². The summed E-state index contributed by atoms with van der Waals surface area (Å²) in [7, 11) is 0. The number of halogens is 2. The summed E-state index contributed by atoms with van der Waals surface area (Å²) < 4.78 is 27.3. The van der Waals surface area contributed by atoms with Crippen molar-refractivity contribution in [2.24, 2.45) is 5.73 Å². The minimum atomic E-state index is -0.971. The first-order chi connectivity index (χ1) is 12.5. The van der Waals surface area contributed by atoms with E-state index < -0.39 is 12.0 Å². The zero-order valence-electron chi connectivity index (χ0n) is 13.8. The molecule has 3 rings (SSSR count). The van der Waals surface area contributed by atoms with Crippen LogP contribution in [0.2, 0.25) is 0 Å². The van der Waals surface area contributed by atoms with E-state index >= 15 is 0 Å². The molecule has 0 bridgehead atoms. The zero-order chi connectivity index (χ0) is 18.7. The number of hydrogen-bond donors (Lipinski definition) is 4. The molecule has 2 aromatic rings. The second-order valence-electron chi connectivity index (χ2n) is 5.79. The molecular formula is C18H18F2N6. The van der Waals surface area contributed by atoms with Crippen LogP contribution in [0.25, 0.3) is 11.4 Å². The van der Waals surface area contributed by atoms with E-state index in [4.69, 9.17) is 16.9 Å². The summed E-state index contributed by atoms with van der Waals surface area (Å²) in [5.41, 5.74) is 12.8. The second kappa shape index (κ2) is 7.40. The van der Waals surface area contributed by atoms with Crippen LogP contribution in [0.1, 0.15) is 17.8 Å². The Hall–Kier alpha value is -3.13. The Labute approximate surface area is 148 Å². The van der Waals surface area contributed by atoms with Gasteiger partial charge < -0.3 is 16.9 Å². The highest BCUT2D eigenvalue weighted by molar-refractivity contribution is 6.10. The number of nitrogens with one attached hydrogen (secondary N) is 2. The Morgan fingerprint density at radius 1 is 1.42 bits per heavy atom. The van der Waals surface area contributed by atoms with E-state index in [0.717, 1.165) is 11.6 Å². The molecule has 1 aliphatic carbocycles. The fraction of sp³-hybridized carbons (Fsp3) is 0.167. The van der Waals surface area contributed by atoms with Crippen LogP contribution >= 0.6 is 0 Å². The number of nitrogens with zero attached hydrogens (tertiary/aromatic N) is 2. The number of aromatic nitrogens is 3. The third-order valence-electron chi connectivity index (χ3n) is 3.91. The molecule has 8 heteroatoms. The molecular weight excluding hydrogens is 338 g/mol. The molecule has 1 aromatic carbocycles. The first kappa shape index (κ1) is 17.7. The highest BCUT2D eigenvalue weighted by atomic mass is 19.1. The summed E-state index contributed by atoms with van der Waals surface area (Å²) in [5.74, 6) is -0.0136. The Balaban J connectivity index is 1.88. The van der Waals surface area contributed by atoms with Crippen LogP contribution in [0.4, 0.5) is 14.5 Å². The summed E-state index contributed by atoms with van der Waals surface area (Å²) in [6, 6.07) is 2.57. The van der Waals surface area contributed by atoms with Gasteiger partial charge in [-0.3, -0.25) is 5.10 Å². The topological polar surface area (TPSA) is 117 Å². The van der Waals surface area contributed by atoms with Crippen LogP contribution in [0.15, 0.2) is 48.1 Å². The fourth-order valence-corrected chi connectivity index (χ4v) is 2.50. The molecule has 1 heterocycles. The maximum absolute atomic E-state index is 14.3. The lowest BCUT2D eigenvalue weighted by atomic mass is 10.0. The molecule has 134 valence electrons. The predicted molar refractivity (Wildman–Crippen MR) is 96.8 cm³/mol. The van der Waals surface area contributed by atoms with Gasteiger partial charge in [-0.1, -0.05) is 18.2 Å². The smallest absolute Gasteiger partial charge is 0.184 e. The van der Waals surface area contributed by atoms with Crippen molar-refractivity contribution >= 4 is 11.4 Å². The molecule has 0 radical (unpaired) electrons. The quantitative estimate of drug-likeness (QED) is 0.487. The minimum Gasteiger partial charge on any atom is -0.398 e. The monoisotopic (exact) mass is 356 g/mol. The molecule has 0 amide bonds. The SMILES string of the molecule is N=C(/C=C/C1=CCC(F)C=C1)c1cc(-c2n[nH]c(CN)n2)c(F)cc1N. The van der Waals surface area contributed by atoms with Gasteiger partial charge in [0.25, 0.3) is 0 Å². The van der Waals surface area contributed by atoms with Gasteiger partial charge >= 0.3 is 0 Å². The molecule has 26 heavy (non-hydrogen) atoms. The first-order valence-electron chi connectivity index (χ1n) is 7.98. The number of rotatable bonds is 5. The molecule has 1 aromatic heterocycles. The van der Waals surface area contributed by atoms with E-state index in [1.165, 1.54) is 18.2 Å². The van der Waals surface area contributed by atoms with E-state index in [-0.39, 0.29) is 29.3 Å². The average molecular weight is 356 g/mol. The molecule has 0 saturated heterocycles. The third kappa shape index (κ3) is 3.75. The van der Waals surface area contributed by atoms with Gasteiger partial charge in [-0.05, 0) is 29.9 Å². The van der Waals surface area contributed by atoms with Crippen LogP contribution < -0.4 is 11.5 Å². The van der Waals surface area contributed by atoms with Gasteiger partial charge in [0, 0.05) is 17.7 Å². The second-order valence-corrected chi connectivity index (χ2v) is 5.79. The summed E-state index contributed by atoms with van der Waals surface area (Å²) >= 11 is 0. The molecule has 1 unspecified atom stereocenters. The molecule has 0 spiro atoms. The van der Waals surface area contributed by atoms with Gasteiger partial charge in [-0.2, -0.15) is 5.10 Å². The van der Waals surface area contributed by atoms with Crippen molar-refractivity contribution in [3.63, 3.8) is 0 Å². The molecule has 6 nitrogen and oxygen atoms in total. The van der Waals surface area contributed by atoms with Crippen LogP contribution in [0.3, 0.4) is 0 Å². The molecule has 0 aliphatic heterocycles. The number of alkyl halides is 1. The third-order valence-corrected chi connectivity index (χ3v) is 3.91. The lowest BCUT2D eigenvalue weighted by molar-refractivity contribution is 0.401. The Morgan fingerprint density at radius 2 is 2.23 bits per heavy atom. The molecule has 6 N–H and O–H groups in total. The van der Waals surface area contributed by atoms with Gasteiger partial charge in [-0.25, -0.2) is 13.8 Å². The summed E-state index contributed by atoms with van der Waals surface area (Å²) in [4.78, 5) is 4.10. The van der Waals surface area contributed by atoms with Crippen molar-refractivity contribution in [1.29, 1.82) is 5.41 Å².